The predicted molar refractivity (Wildman–Crippen MR) is 63.7 cm³/mol. The van der Waals surface area contributed by atoms with Gasteiger partial charge in [0.2, 0.25) is 5.95 Å². The minimum atomic E-state index is 0.229. The van der Waals surface area contributed by atoms with E-state index in [9.17, 15) is 0 Å². The number of nitrogens with two attached hydrogens (primary N) is 2. The molecule has 0 spiro atoms. The first-order valence-corrected chi connectivity index (χ1v) is 5.24. The molecule has 5 heteroatoms. The first-order valence-electron chi connectivity index (χ1n) is 5.24. The predicted octanol–water partition coefficient (Wildman–Crippen LogP) is 1.27. The summed E-state index contributed by atoms with van der Waals surface area (Å²) in [7, 11) is 1.98. The van der Waals surface area contributed by atoms with Crippen LogP contribution in [-0.4, -0.2) is 23.6 Å². The smallest absolute Gasteiger partial charge is 0.223 e. The third-order valence-corrected chi connectivity index (χ3v) is 2.24. The zero-order valence-corrected chi connectivity index (χ0v) is 9.40. The highest BCUT2D eigenvalue weighted by molar-refractivity contribution is 5.49. The summed E-state index contributed by atoms with van der Waals surface area (Å²) in [6.45, 7) is 3.14. The lowest BCUT2D eigenvalue weighted by atomic mass is 10.2. The lowest BCUT2D eigenvalue weighted by Gasteiger charge is -2.18. The summed E-state index contributed by atoms with van der Waals surface area (Å²) in [6, 6.07) is 1.74. The van der Waals surface area contributed by atoms with Gasteiger partial charge in [0, 0.05) is 19.7 Å². The number of unbranched alkanes of at least 4 members (excludes halogenated alkanes) is 2. The second-order valence-corrected chi connectivity index (χ2v) is 3.64. The Morgan fingerprint density at radius 2 is 2.00 bits per heavy atom. The normalized spacial score (nSPS) is 10.3. The van der Waals surface area contributed by atoms with Crippen molar-refractivity contribution in [3.05, 3.63) is 6.07 Å². The van der Waals surface area contributed by atoms with E-state index in [4.69, 9.17) is 11.5 Å². The molecule has 15 heavy (non-hydrogen) atoms. The van der Waals surface area contributed by atoms with Gasteiger partial charge in [-0.3, -0.25) is 0 Å². The van der Waals surface area contributed by atoms with Gasteiger partial charge in [-0.05, 0) is 6.42 Å². The second kappa shape index (κ2) is 5.38. The van der Waals surface area contributed by atoms with Gasteiger partial charge in [0.15, 0.2) is 0 Å². The second-order valence-electron chi connectivity index (χ2n) is 3.64. The maximum atomic E-state index is 5.59. The molecular weight excluding hydrogens is 190 g/mol. The topological polar surface area (TPSA) is 81.1 Å². The molecule has 0 saturated carbocycles. The molecule has 1 rings (SSSR count). The Morgan fingerprint density at radius 3 is 2.60 bits per heavy atom. The van der Waals surface area contributed by atoms with Crippen molar-refractivity contribution in [2.45, 2.75) is 26.2 Å². The Hall–Kier alpha value is -1.52. The van der Waals surface area contributed by atoms with Crippen LogP contribution in [0.15, 0.2) is 6.07 Å². The summed E-state index contributed by atoms with van der Waals surface area (Å²) in [4.78, 5) is 10.0. The van der Waals surface area contributed by atoms with Crippen LogP contribution >= 0.6 is 0 Å². The first kappa shape index (κ1) is 11.6. The fourth-order valence-corrected chi connectivity index (χ4v) is 1.38. The van der Waals surface area contributed by atoms with E-state index in [1.54, 1.807) is 6.07 Å². The van der Waals surface area contributed by atoms with Gasteiger partial charge in [-0.2, -0.15) is 9.97 Å². The Morgan fingerprint density at radius 1 is 1.27 bits per heavy atom. The molecule has 0 aromatic carbocycles. The summed E-state index contributed by atoms with van der Waals surface area (Å²) in [5.41, 5.74) is 11.1. The Bertz CT molecular complexity index is 292. The Kier molecular flexibility index (Phi) is 4.15. The van der Waals surface area contributed by atoms with Crippen LogP contribution in [0.4, 0.5) is 17.6 Å². The van der Waals surface area contributed by atoms with Crippen LogP contribution in [0, 0.1) is 0 Å². The number of hydrogen-bond acceptors (Lipinski definition) is 5. The van der Waals surface area contributed by atoms with Crippen molar-refractivity contribution in [3.63, 3.8) is 0 Å². The highest BCUT2D eigenvalue weighted by Crippen LogP contribution is 2.14. The summed E-state index contributed by atoms with van der Waals surface area (Å²) in [6.07, 6.45) is 3.58. The van der Waals surface area contributed by atoms with E-state index in [0.717, 1.165) is 18.8 Å². The van der Waals surface area contributed by atoms with Crippen molar-refractivity contribution in [1.82, 2.24) is 9.97 Å². The molecule has 0 bridgehead atoms. The van der Waals surface area contributed by atoms with E-state index >= 15 is 0 Å². The van der Waals surface area contributed by atoms with Crippen LogP contribution < -0.4 is 16.4 Å². The van der Waals surface area contributed by atoms with Gasteiger partial charge in [-0.15, -0.1) is 0 Å². The molecule has 0 aliphatic rings. The Labute approximate surface area is 90.5 Å². The van der Waals surface area contributed by atoms with Crippen molar-refractivity contribution >= 4 is 17.6 Å². The fraction of sp³-hybridized carbons (Fsp3) is 0.600. The molecule has 0 atom stereocenters. The van der Waals surface area contributed by atoms with Crippen LogP contribution in [0.25, 0.3) is 0 Å². The zero-order chi connectivity index (χ0) is 11.3. The number of rotatable bonds is 5. The molecular formula is C10H19N5. The van der Waals surface area contributed by atoms with E-state index in [1.165, 1.54) is 12.8 Å². The van der Waals surface area contributed by atoms with Gasteiger partial charge < -0.3 is 16.4 Å². The van der Waals surface area contributed by atoms with Crippen LogP contribution in [0.1, 0.15) is 26.2 Å². The van der Waals surface area contributed by atoms with Crippen LogP contribution in [0.3, 0.4) is 0 Å². The number of hydrogen-bond donors (Lipinski definition) is 2. The minimum Gasteiger partial charge on any atom is -0.383 e. The van der Waals surface area contributed by atoms with Crippen molar-refractivity contribution < 1.29 is 0 Å². The quantitative estimate of drug-likeness (QED) is 0.714. The fourth-order valence-electron chi connectivity index (χ4n) is 1.38. The lowest BCUT2D eigenvalue weighted by molar-refractivity contribution is 0.701. The third-order valence-electron chi connectivity index (χ3n) is 2.24. The first-order chi connectivity index (χ1) is 7.13. The van der Waals surface area contributed by atoms with E-state index in [0.29, 0.717) is 5.82 Å². The molecule has 0 saturated heterocycles. The van der Waals surface area contributed by atoms with Gasteiger partial charge in [0.05, 0.1) is 0 Å². The summed E-state index contributed by atoms with van der Waals surface area (Å²) >= 11 is 0. The van der Waals surface area contributed by atoms with Gasteiger partial charge in [0.1, 0.15) is 11.6 Å². The highest BCUT2D eigenvalue weighted by Gasteiger charge is 2.04. The standard InChI is InChI=1S/C10H19N5/c1-3-4-5-6-15(2)9-7-8(11)13-10(12)14-9/h7H,3-6H2,1-2H3,(H4,11,12,13,14). The van der Waals surface area contributed by atoms with Gasteiger partial charge >= 0.3 is 0 Å². The van der Waals surface area contributed by atoms with E-state index in [2.05, 4.69) is 16.9 Å². The molecule has 5 nitrogen and oxygen atoms in total. The number of aromatic nitrogens is 2. The number of anilines is 3. The minimum absolute atomic E-state index is 0.229. The molecule has 0 unspecified atom stereocenters. The molecule has 0 aliphatic heterocycles. The largest absolute Gasteiger partial charge is 0.383 e. The zero-order valence-electron chi connectivity index (χ0n) is 9.40. The monoisotopic (exact) mass is 209 g/mol. The molecule has 1 aromatic heterocycles. The average molecular weight is 209 g/mol. The van der Waals surface area contributed by atoms with E-state index in [-0.39, 0.29) is 5.95 Å². The summed E-state index contributed by atoms with van der Waals surface area (Å²) in [5, 5.41) is 0. The lowest BCUT2D eigenvalue weighted by Crippen LogP contribution is -2.20. The van der Waals surface area contributed by atoms with Crippen molar-refractivity contribution in [2.24, 2.45) is 0 Å². The van der Waals surface area contributed by atoms with Gasteiger partial charge in [0.25, 0.3) is 0 Å². The molecule has 4 N–H and O–H groups in total. The van der Waals surface area contributed by atoms with E-state index < -0.39 is 0 Å². The van der Waals surface area contributed by atoms with Crippen molar-refractivity contribution in [1.29, 1.82) is 0 Å². The van der Waals surface area contributed by atoms with Crippen LogP contribution in [-0.2, 0) is 0 Å². The van der Waals surface area contributed by atoms with Gasteiger partial charge in [-0.25, -0.2) is 0 Å². The molecule has 84 valence electrons. The molecule has 0 fully saturated rings. The molecule has 0 radical (unpaired) electrons. The number of nitrogens with zero attached hydrogens (tertiary/aromatic N) is 3. The van der Waals surface area contributed by atoms with Gasteiger partial charge in [-0.1, -0.05) is 19.8 Å². The van der Waals surface area contributed by atoms with Crippen molar-refractivity contribution in [3.8, 4) is 0 Å². The summed E-state index contributed by atoms with van der Waals surface area (Å²) < 4.78 is 0. The maximum absolute atomic E-state index is 5.59. The van der Waals surface area contributed by atoms with Crippen LogP contribution in [0.5, 0.6) is 0 Å². The molecule has 1 aromatic rings. The summed E-state index contributed by atoms with van der Waals surface area (Å²) in [5.74, 6) is 1.43. The van der Waals surface area contributed by atoms with Crippen LogP contribution in [0.2, 0.25) is 0 Å². The Balaban J connectivity index is 2.60. The number of nitrogen functional groups attached to an aromatic ring is 2. The van der Waals surface area contributed by atoms with Crippen molar-refractivity contribution in [2.75, 3.05) is 30.0 Å². The molecule has 0 aliphatic carbocycles. The molecule has 1 heterocycles. The van der Waals surface area contributed by atoms with E-state index in [1.807, 2.05) is 11.9 Å². The molecule has 0 amide bonds. The third kappa shape index (κ3) is 3.61. The SMILES string of the molecule is CCCCCN(C)c1cc(N)nc(N)n1. The highest BCUT2D eigenvalue weighted by atomic mass is 15.2. The maximum Gasteiger partial charge on any atom is 0.223 e. The average Bonchev–Trinajstić information content (AvgIpc) is 2.16.